The number of nitrogens with zero attached hydrogens (tertiary/aromatic N) is 1. The second-order valence-corrected chi connectivity index (χ2v) is 4.20. The van der Waals surface area contributed by atoms with E-state index in [1.54, 1.807) is 12.3 Å². The Balaban J connectivity index is 2.35. The number of anilines is 1. The third-order valence-electron chi connectivity index (χ3n) is 2.91. The minimum Gasteiger partial charge on any atom is -0.464 e. The van der Waals surface area contributed by atoms with Crippen LogP contribution in [-0.4, -0.2) is 17.6 Å². The summed E-state index contributed by atoms with van der Waals surface area (Å²) in [5.74, 6) is -0.375. The molecular formula is C14H16N2O2. The van der Waals surface area contributed by atoms with Gasteiger partial charge in [-0.05, 0) is 24.1 Å². The highest BCUT2D eigenvalue weighted by Crippen LogP contribution is 2.16. The molecule has 0 saturated carbocycles. The number of ether oxygens (including phenoxy) is 1. The summed E-state index contributed by atoms with van der Waals surface area (Å²) in [4.78, 5) is 11.6. The minimum atomic E-state index is -0.375. The van der Waals surface area contributed by atoms with Crippen molar-refractivity contribution in [2.45, 2.75) is 13.5 Å². The summed E-state index contributed by atoms with van der Waals surface area (Å²) in [5.41, 5.74) is 9.10. The molecule has 4 nitrogen and oxygen atoms in total. The molecular weight excluding hydrogens is 228 g/mol. The van der Waals surface area contributed by atoms with E-state index in [9.17, 15) is 4.79 Å². The lowest BCUT2D eigenvalue weighted by Gasteiger charge is -2.09. The normalized spacial score (nSPS) is 10.3. The van der Waals surface area contributed by atoms with Crippen LogP contribution in [0.25, 0.3) is 0 Å². The zero-order valence-electron chi connectivity index (χ0n) is 10.5. The van der Waals surface area contributed by atoms with E-state index < -0.39 is 0 Å². The van der Waals surface area contributed by atoms with Crippen molar-refractivity contribution >= 4 is 11.7 Å². The van der Waals surface area contributed by atoms with Crippen molar-refractivity contribution in [1.29, 1.82) is 0 Å². The van der Waals surface area contributed by atoms with Crippen molar-refractivity contribution in [3.63, 3.8) is 0 Å². The van der Waals surface area contributed by atoms with Crippen LogP contribution in [0, 0.1) is 6.92 Å². The molecule has 18 heavy (non-hydrogen) atoms. The summed E-state index contributed by atoms with van der Waals surface area (Å²) < 4.78 is 6.55. The summed E-state index contributed by atoms with van der Waals surface area (Å²) in [6, 6.07) is 9.67. The molecule has 0 spiro atoms. The smallest absolute Gasteiger partial charge is 0.354 e. The first kappa shape index (κ1) is 12.2. The van der Waals surface area contributed by atoms with E-state index in [1.807, 2.05) is 35.8 Å². The number of hydrogen-bond acceptors (Lipinski definition) is 3. The average molecular weight is 244 g/mol. The quantitative estimate of drug-likeness (QED) is 0.842. The van der Waals surface area contributed by atoms with E-state index in [2.05, 4.69) is 0 Å². The van der Waals surface area contributed by atoms with E-state index in [0.717, 1.165) is 5.56 Å². The molecule has 94 valence electrons. The number of carbonyl (C=O) groups is 1. The average Bonchev–Trinajstić information content (AvgIpc) is 2.72. The molecule has 4 heteroatoms. The van der Waals surface area contributed by atoms with E-state index in [4.69, 9.17) is 10.5 Å². The van der Waals surface area contributed by atoms with Gasteiger partial charge >= 0.3 is 5.97 Å². The molecule has 2 rings (SSSR count). The fourth-order valence-corrected chi connectivity index (χ4v) is 1.91. The van der Waals surface area contributed by atoms with E-state index in [0.29, 0.717) is 17.9 Å². The fourth-order valence-electron chi connectivity index (χ4n) is 1.91. The van der Waals surface area contributed by atoms with Crippen LogP contribution in [0.5, 0.6) is 0 Å². The van der Waals surface area contributed by atoms with Gasteiger partial charge in [-0.25, -0.2) is 4.79 Å². The van der Waals surface area contributed by atoms with Crippen molar-refractivity contribution in [3.05, 3.63) is 53.3 Å². The number of aryl methyl sites for hydroxylation is 1. The van der Waals surface area contributed by atoms with Gasteiger partial charge in [-0.3, -0.25) is 0 Å². The minimum absolute atomic E-state index is 0.375. The van der Waals surface area contributed by atoms with Crippen molar-refractivity contribution in [2.75, 3.05) is 12.8 Å². The fraction of sp³-hybridized carbons (Fsp3) is 0.214. The Morgan fingerprint density at radius 1 is 1.39 bits per heavy atom. The number of carbonyl (C=O) groups excluding carboxylic acids is 1. The van der Waals surface area contributed by atoms with E-state index >= 15 is 0 Å². The van der Waals surface area contributed by atoms with Crippen molar-refractivity contribution in [2.24, 2.45) is 0 Å². The molecule has 0 unspecified atom stereocenters. The summed E-state index contributed by atoms with van der Waals surface area (Å²) in [7, 11) is 1.36. The summed E-state index contributed by atoms with van der Waals surface area (Å²) >= 11 is 0. The van der Waals surface area contributed by atoms with E-state index in [1.165, 1.54) is 12.7 Å². The summed E-state index contributed by atoms with van der Waals surface area (Å²) in [6.45, 7) is 2.65. The highest BCUT2D eigenvalue weighted by Gasteiger charge is 2.13. The Labute approximate surface area is 106 Å². The van der Waals surface area contributed by atoms with Crippen molar-refractivity contribution in [1.82, 2.24) is 4.57 Å². The van der Waals surface area contributed by atoms with Crippen molar-refractivity contribution < 1.29 is 9.53 Å². The summed E-state index contributed by atoms with van der Waals surface area (Å²) in [5, 5.41) is 0. The lowest BCUT2D eigenvalue weighted by atomic mass is 10.1. The molecule has 0 fully saturated rings. The zero-order chi connectivity index (χ0) is 13.1. The SMILES string of the molecule is COC(=O)c1cc(N)cn1Cc1ccccc1C. The van der Waals surface area contributed by atoms with Crippen LogP contribution >= 0.6 is 0 Å². The van der Waals surface area contributed by atoms with Crippen LogP contribution in [0.15, 0.2) is 36.5 Å². The molecule has 0 saturated heterocycles. The predicted octanol–water partition coefficient (Wildman–Crippen LogP) is 2.21. The second kappa shape index (κ2) is 4.96. The van der Waals surface area contributed by atoms with Gasteiger partial charge in [0, 0.05) is 12.7 Å². The third-order valence-corrected chi connectivity index (χ3v) is 2.91. The number of hydrogen-bond donors (Lipinski definition) is 1. The first-order chi connectivity index (χ1) is 8.61. The van der Waals surface area contributed by atoms with Gasteiger partial charge in [0.1, 0.15) is 5.69 Å². The number of aromatic nitrogens is 1. The highest BCUT2D eigenvalue weighted by atomic mass is 16.5. The van der Waals surface area contributed by atoms with Crippen molar-refractivity contribution in [3.8, 4) is 0 Å². The molecule has 2 aromatic rings. The Kier molecular flexibility index (Phi) is 3.37. The maximum atomic E-state index is 11.6. The molecule has 2 N–H and O–H groups in total. The van der Waals surface area contributed by atoms with Gasteiger partial charge < -0.3 is 15.0 Å². The molecule has 0 aliphatic heterocycles. The van der Waals surface area contributed by atoms with Crippen LogP contribution in [0.2, 0.25) is 0 Å². The zero-order valence-corrected chi connectivity index (χ0v) is 10.5. The third kappa shape index (κ3) is 2.37. The molecule has 0 radical (unpaired) electrons. The molecule has 1 aromatic heterocycles. The Morgan fingerprint density at radius 2 is 2.11 bits per heavy atom. The highest BCUT2D eigenvalue weighted by molar-refractivity contribution is 5.89. The lowest BCUT2D eigenvalue weighted by molar-refractivity contribution is 0.0589. The maximum absolute atomic E-state index is 11.6. The summed E-state index contributed by atoms with van der Waals surface area (Å²) in [6.07, 6.45) is 1.75. The van der Waals surface area contributed by atoms with E-state index in [-0.39, 0.29) is 5.97 Å². The molecule has 0 amide bonds. The molecule has 0 bridgehead atoms. The van der Waals surface area contributed by atoms with Crippen LogP contribution in [0.1, 0.15) is 21.6 Å². The Bertz CT molecular complexity index is 573. The number of nitrogens with two attached hydrogens (primary N) is 1. The second-order valence-electron chi connectivity index (χ2n) is 4.20. The molecule has 0 aliphatic carbocycles. The monoisotopic (exact) mass is 244 g/mol. The number of nitrogen functional groups attached to an aromatic ring is 1. The van der Waals surface area contributed by atoms with Gasteiger partial charge in [0.05, 0.1) is 12.8 Å². The molecule has 1 heterocycles. The van der Waals surface area contributed by atoms with Crippen LogP contribution in [-0.2, 0) is 11.3 Å². The van der Waals surface area contributed by atoms with Crippen LogP contribution < -0.4 is 5.73 Å². The number of rotatable bonds is 3. The number of esters is 1. The predicted molar refractivity (Wildman–Crippen MR) is 70.5 cm³/mol. The van der Waals surface area contributed by atoms with Gasteiger partial charge in [0.25, 0.3) is 0 Å². The van der Waals surface area contributed by atoms with Gasteiger partial charge in [0.15, 0.2) is 0 Å². The molecule has 0 atom stereocenters. The topological polar surface area (TPSA) is 57.2 Å². The van der Waals surface area contributed by atoms with Gasteiger partial charge in [0.2, 0.25) is 0 Å². The van der Waals surface area contributed by atoms with Crippen LogP contribution in [0.3, 0.4) is 0 Å². The van der Waals surface area contributed by atoms with Crippen LogP contribution in [0.4, 0.5) is 5.69 Å². The Hall–Kier alpha value is -2.23. The first-order valence-electron chi connectivity index (χ1n) is 5.70. The first-order valence-corrected chi connectivity index (χ1v) is 5.70. The maximum Gasteiger partial charge on any atom is 0.354 e. The Morgan fingerprint density at radius 3 is 2.78 bits per heavy atom. The molecule has 0 aliphatic rings. The van der Waals surface area contributed by atoms with Gasteiger partial charge in [-0.1, -0.05) is 24.3 Å². The van der Waals surface area contributed by atoms with Gasteiger partial charge in [-0.2, -0.15) is 0 Å². The lowest BCUT2D eigenvalue weighted by Crippen LogP contribution is -2.11. The van der Waals surface area contributed by atoms with Gasteiger partial charge in [-0.15, -0.1) is 0 Å². The number of benzene rings is 1. The molecule has 1 aromatic carbocycles. The number of methoxy groups -OCH3 is 1. The standard InChI is InChI=1S/C14H16N2O2/c1-10-5-3-4-6-11(10)8-16-9-12(15)7-13(16)14(17)18-2/h3-7,9H,8,15H2,1-2H3. The largest absolute Gasteiger partial charge is 0.464 e.